The number of carbonyl (C=O) groups is 2. The lowest BCUT2D eigenvalue weighted by atomic mass is 10.1. The van der Waals surface area contributed by atoms with Crippen molar-refractivity contribution in [1.82, 2.24) is 9.97 Å². The van der Waals surface area contributed by atoms with Crippen LogP contribution in [0.1, 0.15) is 26.4 Å². The number of hydrogen-bond acceptors (Lipinski definition) is 4. The van der Waals surface area contributed by atoms with Crippen molar-refractivity contribution >= 4 is 34.2 Å². The molecule has 0 spiro atoms. The molecule has 0 unspecified atom stereocenters. The van der Waals surface area contributed by atoms with Gasteiger partial charge in [0, 0.05) is 16.9 Å². The maximum atomic E-state index is 12.9. The van der Waals surface area contributed by atoms with Gasteiger partial charge in [-0.2, -0.15) is 13.2 Å². The largest absolute Gasteiger partial charge is 0.416 e. The molecule has 160 valence electrons. The number of hydrogen-bond donors (Lipinski definition) is 2. The van der Waals surface area contributed by atoms with Crippen molar-refractivity contribution in [3.8, 4) is 0 Å². The highest BCUT2D eigenvalue weighted by atomic mass is 19.4. The number of halogens is 3. The number of nitrogens with zero attached hydrogens (tertiary/aromatic N) is 2. The monoisotopic (exact) mass is 436 g/mol. The van der Waals surface area contributed by atoms with E-state index in [1.165, 1.54) is 30.5 Å². The van der Waals surface area contributed by atoms with Crippen molar-refractivity contribution in [3.63, 3.8) is 0 Å². The highest BCUT2D eigenvalue weighted by Crippen LogP contribution is 2.30. The van der Waals surface area contributed by atoms with Crippen molar-refractivity contribution < 1.29 is 22.8 Å². The standard InChI is InChI=1S/C23H15F3N4O2/c24-23(25,26)15-6-4-8-17(12-15)28-21(31)14-5-3-7-16(11-14)29-22(32)20-13-27-18-9-1-2-10-19(18)30-20/h1-13H,(H,28,31)(H,29,32). The highest BCUT2D eigenvalue weighted by Gasteiger charge is 2.30. The molecule has 2 N–H and O–H groups in total. The summed E-state index contributed by atoms with van der Waals surface area (Å²) in [6.07, 6.45) is -3.17. The lowest BCUT2D eigenvalue weighted by molar-refractivity contribution is -0.137. The summed E-state index contributed by atoms with van der Waals surface area (Å²) in [6.45, 7) is 0. The Hall–Kier alpha value is -4.27. The zero-order chi connectivity index (χ0) is 22.7. The number of anilines is 2. The van der Waals surface area contributed by atoms with E-state index in [9.17, 15) is 22.8 Å². The first-order chi connectivity index (χ1) is 15.3. The molecule has 0 atom stereocenters. The van der Waals surface area contributed by atoms with Crippen LogP contribution >= 0.6 is 0 Å². The molecule has 0 bridgehead atoms. The van der Waals surface area contributed by atoms with Crippen LogP contribution in [0, 0.1) is 0 Å². The number of fused-ring (bicyclic) bond motifs is 1. The number of para-hydroxylation sites is 2. The van der Waals surface area contributed by atoms with Crippen LogP contribution in [0.5, 0.6) is 0 Å². The maximum Gasteiger partial charge on any atom is 0.416 e. The minimum Gasteiger partial charge on any atom is -0.322 e. The Morgan fingerprint density at radius 2 is 1.41 bits per heavy atom. The van der Waals surface area contributed by atoms with E-state index in [2.05, 4.69) is 20.6 Å². The van der Waals surface area contributed by atoms with Gasteiger partial charge in [0.05, 0.1) is 22.8 Å². The first kappa shape index (κ1) is 21.0. The van der Waals surface area contributed by atoms with Crippen LogP contribution < -0.4 is 10.6 Å². The average molecular weight is 436 g/mol. The van der Waals surface area contributed by atoms with Gasteiger partial charge in [-0.05, 0) is 48.5 Å². The molecule has 3 aromatic carbocycles. The molecule has 32 heavy (non-hydrogen) atoms. The minimum absolute atomic E-state index is 0.00528. The third-order valence-electron chi connectivity index (χ3n) is 4.51. The molecule has 0 saturated heterocycles. The summed E-state index contributed by atoms with van der Waals surface area (Å²) >= 11 is 0. The molecule has 9 heteroatoms. The molecule has 1 aromatic heterocycles. The maximum absolute atomic E-state index is 12.9. The lowest BCUT2D eigenvalue weighted by Gasteiger charge is -2.11. The van der Waals surface area contributed by atoms with E-state index in [1.54, 1.807) is 30.3 Å². The predicted octanol–water partition coefficient (Wildman–Crippen LogP) is 5.15. The van der Waals surface area contributed by atoms with Gasteiger partial charge in [-0.15, -0.1) is 0 Å². The Morgan fingerprint density at radius 3 is 2.16 bits per heavy atom. The molecule has 0 radical (unpaired) electrons. The average Bonchev–Trinajstić information content (AvgIpc) is 2.78. The summed E-state index contributed by atoms with van der Waals surface area (Å²) in [7, 11) is 0. The molecular weight excluding hydrogens is 421 g/mol. The van der Waals surface area contributed by atoms with Gasteiger partial charge in [0.15, 0.2) is 0 Å². The fraction of sp³-hybridized carbons (Fsp3) is 0.0435. The second-order valence-electron chi connectivity index (χ2n) is 6.81. The van der Waals surface area contributed by atoms with Gasteiger partial charge in [-0.1, -0.05) is 24.3 Å². The number of rotatable bonds is 4. The minimum atomic E-state index is -4.52. The summed E-state index contributed by atoms with van der Waals surface area (Å²) in [5, 5.41) is 5.07. The van der Waals surface area contributed by atoms with E-state index in [4.69, 9.17) is 0 Å². The molecule has 2 amide bonds. The van der Waals surface area contributed by atoms with Crippen LogP contribution in [0.2, 0.25) is 0 Å². The Morgan fingerprint density at radius 1 is 0.750 bits per heavy atom. The van der Waals surface area contributed by atoms with Crippen molar-refractivity contribution in [2.45, 2.75) is 6.18 Å². The third kappa shape index (κ3) is 4.72. The fourth-order valence-corrected chi connectivity index (χ4v) is 2.98. The molecular formula is C23H15F3N4O2. The SMILES string of the molecule is O=C(Nc1cccc(C(F)(F)F)c1)c1cccc(NC(=O)c2cnc3ccccc3n2)c1. The van der Waals surface area contributed by atoms with Gasteiger partial charge < -0.3 is 10.6 Å². The van der Waals surface area contributed by atoms with E-state index < -0.39 is 23.6 Å². The molecule has 6 nitrogen and oxygen atoms in total. The van der Waals surface area contributed by atoms with Crippen molar-refractivity contribution in [1.29, 1.82) is 0 Å². The Balaban J connectivity index is 1.49. The van der Waals surface area contributed by atoms with Gasteiger partial charge in [0.2, 0.25) is 0 Å². The van der Waals surface area contributed by atoms with E-state index in [0.29, 0.717) is 16.7 Å². The van der Waals surface area contributed by atoms with Crippen molar-refractivity contribution in [2.75, 3.05) is 10.6 Å². The fourth-order valence-electron chi connectivity index (χ4n) is 2.98. The molecule has 0 saturated carbocycles. The van der Waals surface area contributed by atoms with Gasteiger partial charge in [0.1, 0.15) is 5.69 Å². The molecule has 0 fully saturated rings. The summed E-state index contributed by atoms with van der Waals surface area (Å²) in [6, 6.07) is 17.5. The molecule has 0 aliphatic heterocycles. The first-order valence-electron chi connectivity index (χ1n) is 9.41. The number of amides is 2. The van der Waals surface area contributed by atoms with Gasteiger partial charge in [0.25, 0.3) is 11.8 Å². The molecule has 1 heterocycles. The Bertz CT molecular complexity index is 1320. The normalized spacial score (nSPS) is 11.2. The van der Waals surface area contributed by atoms with E-state index >= 15 is 0 Å². The highest BCUT2D eigenvalue weighted by molar-refractivity contribution is 6.07. The number of carbonyl (C=O) groups excluding carboxylic acids is 2. The zero-order valence-electron chi connectivity index (χ0n) is 16.4. The molecule has 4 aromatic rings. The molecule has 0 aliphatic rings. The van der Waals surface area contributed by atoms with Gasteiger partial charge in [-0.3, -0.25) is 14.6 Å². The number of benzene rings is 3. The number of alkyl halides is 3. The summed E-state index contributed by atoms with van der Waals surface area (Å²) in [5.41, 5.74) is 0.930. The van der Waals surface area contributed by atoms with Crippen LogP contribution in [0.3, 0.4) is 0 Å². The zero-order valence-corrected chi connectivity index (χ0v) is 16.4. The van der Waals surface area contributed by atoms with Crippen LogP contribution in [-0.2, 0) is 6.18 Å². The van der Waals surface area contributed by atoms with Crippen LogP contribution in [0.25, 0.3) is 11.0 Å². The van der Waals surface area contributed by atoms with Gasteiger partial charge in [-0.25, -0.2) is 4.98 Å². The van der Waals surface area contributed by atoms with Crippen molar-refractivity contribution in [2.24, 2.45) is 0 Å². The molecule has 4 rings (SSSR count). The third-order valence-corrected chi connectivity index (χ3v) is 4.51. The Kier molecular flexibility index (Phi) is 5.55. The first-order valence-corrected chi connectivity index (χ1v) is 9.41. The Labute approximate surface area is 180 Å². The topological polar surface area (TPSA) is 84.0 Å². The second-order valence-corrected chi connectivity index (χ2v) is 6.81. The van der Waals surface area contributed by atoms with E-state index in [-0.39, 0.29) is 16.9 Å². The predicted molar refractivity (Wildman–Crippen MR) is 113 cm³/mol. The van der Waals surface area contributed by atoms with Crippen LogP contribution in [0.4, 0.5) is 24.5 Å². The second kappa shape index (κ2) is 8.46. The summed E-state index contributed by atoms with van der Waals surface area (Å²) < 4.78 is 38.6. The van der Waals surface area contributed by atoms with Gasteiger partial charge >= 0.3 is 6.18 Å². The quantitative estimate of drug-likeness (QED) is 0.463. The van der Waals surface area contributed by atoms with Crippen LogP contribution in [0.15, 0.2) is 79.0 Å². The lowest BCUT2D eigenvalue weighted by Crippen LogP contribution is -2.16. The summed E-state index contributed by atoms with van der Waals surface area (Å²) in [5.74, 6) is -1.13. The smallest absolute Gasteiger partial charge is 0.322 e. The number of aromatic nitrogens is 2. The molecule has 0 aliphatic carbocycles. The van der Waals surface area contributed by atoms with Crippen LogP contribution in [-0.4, -0.2) is 21.8 Å². The van der Waals surface area contributed by atoms with E-state index in [1.807, 2.05) is 6.07 Å². The van der Waals surface area contributed by atoms with Crippen molar-refractivity contribution in [3.05, 3.63) is 95.8 Å². The summed E-state index contributed by atoms with van der Waals surface area (Å²) in [4.78, 5) is 33.5. The number of nitrogens with one attached hydrogen (secondary N) is 2. The van der Waals surface area contributed by atoms with E-state index in [0.717, 1.165) is 12.1 Å².